The third-order valence-corrected chi connectivity index (χ3v) is 5.68. The minimum Gasteiger partial charge on any atom is -0.475 e. The van der Waals surface area contributed by atoms with Crippen molar-refractivity contribution in [2.45, 2.75) is 44.9 Å². The molecule has 0 spiro atoms. The fourth-order valence-electron chi connectivity index (χ4n) is 3.41. The summed E-state index contributed by atoms with van der Waals surface area (Å²) < 4.78 is 6.96. The molecule has 1 atom stereocenters. The number of benzene rings is 2. The summed E-state index contributed by atoms with van der Waals surface area (Å²) in [4.78, 5) is 15.5. The van der Waals surface area contributed by atoms with Crippen LogP contribution in [0, 0.1) is 0 Å². The molecule has 1 aliphatic rings. The van der Waals surface area contributed by atoms with Gasteiger partial charge in [0.05, 0.1) is 4.47 Å². The molecule has 3 rings (SSSR count). The third kappa shape index (κ3) is 5.33. The highest BCUT2D eigenvalue weighted by molar-refractivity contribution is 9.10. The molecule has 5 heteroatoms. The van der Waals surface area contributed by atoms with E-state index < -0.39 is 6.10 Å². The Morgan fingerprint density at radius 2 is 1.70 bits per heavy atom. The number of hydrogen-bond acceptors (Lipinski definition) is 3. The fraction of sp³-hybridized carbons (Fsp3) is 0.409. The molecule has 0 aliphatic carbocycles. The van der Waals surface area contributed by atoms with Crippen molar-refractivity contribution in [3.05, 3.63) is 64.6 Å². The molecule has 1 aliphatic heterocycles. The maximum absolute atomic E-state index is 13.1. The summed E-state index contributed by atoms with van der Waals surface area (Å²) in [6.45, 7) is 6.47. The molecule has 2 aromatic carbocycles. The second-order valence-corrected chi connectivity index (χ2v) is 8.11. The first-order chi connectivity index (χ1) is 13.0. The lowest BCUT2D eigenvalue weighted by molar-refractivity contribution is -0.129. The number of piperidine rings is 1. The Morgan fingerprint density at radius 3 is 2.33 bits per heavy atom. The summed E-state index contributed by atoms with van der Waals surface area (Å²) in [7, 11) is 0. The number of likely N-dealkylation sites (tertiary alicyclic amines) is 1. The number of carbonyl (C=O) groups excluding carboxylic acids is 1. The monoisotopic (exact) mass is 430 g/mol. The molecule has 0 radical (unpaired) electrons. The van der Waals surface area contributed by atoms with E-state index in [1.54, 1.807) is 0 Å². The van der Waals surface area contributed by atoms with Gasteiger partial charge in [-0.15, -0.1) is 0 Å². The standard InChI is InChI=1S/C22H27BrN2O2/c1-16(2)25-14-12-18(13-15-25)24-22(26)21(17-8-4-3-5-9-17)27-20-11-7-6-10-19(20)23/h3-11,16,18,21H,12-15H2,1-2H3,(H,24,26). The van der Waals surface area contributed by atoms with Gasteiger partial charge in [0, 0.05) is 30.7 Å². The number of carbonyl (C=O) groups is 1. The first-order valence-electron chi connectivity index (χ1n) is 9.55. The van der Waals surface area contributed by atoms with Gasteiger partial charge in [0.15, 0.2) is 0 Å². The number of nitrogens with one attached hydrogen (secondary N) is 1. The van der Waals surface area contributed by atoms with Gasteiger partial charge in [-0.2, -0.15) is 0 Å². The molecular formula is C22H27BrN2O2. The molecule has 0 saturated carbocycles. The van der Waals surface area contributed by atoms with E-state index in [9.17, 15) is 4.79 Å². The number of hydrogen-bond donors (Lipinski definition) is 1. The minimum atomic E-state index is -0.673. The first-order valence-corrected chi connectivity index (χ1v) is 10.3. The molecule has 1 heterocycles. The smallest absolute Gasteiger partial charge is 0.266 e. The zero-order valence-corrected chi connectivity index (χ0v) is 17.5. The van der Waals surface area contributed by atoms with E-state index in [1.165, 1.54) is 0 Å². The average molecular weight is 431 g/mol. The molecule has 0 aromatic heterocycles. The topological polar surface area (TPSA) is 41.6 Å². The second-order valence-electron chi connectivity index (χ2n) is 7.25. The number of rotatable bonds is 6. The van der Waals surface area contributed by atoms with Gasteiger partial charge in [-0.25, -0.2) is 0 Å². The molecule has 1 amide bonds. The predicted molar refractivity (Wildman–Crippen MR) is 112 cm³/mol. The molecule has 2 aromatic rings. The van der Waals surface area contributed by atoms with Crippen molar-refractivity contribution in [2.24, 2.45) is 0 Å². The van der Waals surface area contributed by atoms with Gasteiger partial charge >= 0.3 is 0 Å². The van der Waals surface area contributed by atoms with Crippen LogP contribution in [0.3, 0.4) is 0 Å². The Labute approximate surface area is 170 Å². The largest absolute Gasteiger partial charge is 0.475 e. The Kier molecular flexibility index (Phi) is 6.91. The van der Waals surface area contributed by atoms with Crippen molar-refractivity contribution < 1.29 is 9.53 Å². The summed E-state index contributed by atoms with van der Waals surface area (Å²) >= 11 is 3.50. The lowest BCUT2D eigenvalue weighted by atomic mass is 10.0. The summed E-state index contributed by atoms with van der Waals surface area (Å²) in [5, 5.41) is 3.21. The number of ether oxygens (including phenoxy) is 1. The Bertz CT molecular complexity index is 743. The molecule has 0 bridgehead atoms. The van der Waals surface area contributed by atoms with Gasteiger partial charge < -0.3 is 15.0 Å². The summed E-state index contributed by atoms with van der Waals surface area (Å²) in [5.41, 5.74) is 0.852. The molecule has 1 saturated heterocycles. The van der Waals surface area contributed by atoms with Crippen LogP contribution in [0.4, 0.5) is 0 Å². The summed E-state index contributed by atoms with van der Waals surface area (Å²) in [6, 6.07) is 18.0. The van der Waals surface area contributed by atoms with Crippen molar-refractivity contribution in [3.63, 3.8) is 0 Å². The average Bonchev–Trinajstić information content (AvgIpc) is 2.68. The van der Waals surface area contributed by atoms with Crippen LogP contribution in [-0.2, 0) is 4.79 Å². The molecule has 27 heavy (non-hydrogen) atoms. The van der Waals surface area contributed by atoms with Gasteiger partial charge in [-0.3, -0.25) is 4.79 Å². The zero-order valence-electron chi connectivity index (χ0n) is 15.9. The maximum Gasteiger partial charge on any atom is 0.266 e. The van der Waals surface area contributed by atoms with Crippen molar-refractivity contribution in [3.8, 4) is 5.75 Å². The third-order valence-electron chi connectivity index (χ3n) is 5.03. The highest BCUT2D eigenvalue weighted by atomic mass is 79.9. The van der Waals surface area contributed by atoms with Crippen molar-refractivity contribution >= 4 is 21.8 Å². The zero-order chi connectivity index (χ0) is 19.2. The van der Waals surface area contributed by atoms with Crippen LogP contribution < -0.4 is 10.1 Å². The molecule has 1 unspecified atom stereocenters. The van der Waals surface area contributed by atoms with Crippen molar-refractivity contribution in [2.75, 3.05) is 13.1 Å². The van der Waals surface area contributed by atoms with Gasteiger partial charge in [-0.05, 0) is 54.8 Å². The highest BCUT2D eigenvalue weighted by Crippen LogP contribution is 2.29. The van der Waals surface area contributed by atoms with E-state index in [0.717, 1.165) is 36.0 Å². The van der Waals surface area contributed by atoms with Crippen LogP contribution in [0.5, 0.6) is 5.75 Å². The van der Waals surface area contributed by atoms with Crippen LogP contribution in [-0.4, -0.2) is 36.0 Å². The summed E-state index contributed by atoms with van der Waals surface area (Å²) in [5.74, 6) is 0.580. The van der Waals surface area contributed by atoms with E-state index in [1.807, 2.05) is 54.6 Å². The summed E-state index contributed by atoms with van der Waals surface area (Å²) in [6.07, 6.45) is 1.27. The van der Waals surface area contributed by atoms with Crippen LogP contribution in [0.2, 0.25) is 0 Å². The first kappa shape index (κ1) is 19.9. The quantitative estimate of drug-likeness (QED) is 0.729. The highest BCUT2D eigenvalue weighted by Gasteiger charge is 2.28. The van der Waals surface area contributed by atoms with Crippen molar-refractivity contribution in [1.82, 2.24) is 10.2 Å². The van der Waals surface area contributed by atoms with Gasteiger partial charge in [0.2, 0.25) is 6.10 Å². The number of amides is 1. The number of nitrogens with zero attached hydrogens (tertiary/aromatic N) is 1. The Morgan fingerprint density at radius 1 is 1.07 bits per heavy atom. The number of para-hydroxylation sites is 1. The van der Waals surface area contributed by atoms with Crippen LogP contribution in [0.15, 0.2) is 59.1 Å². The van der Waals surface area contributed by atoms with Gasteiger partial charge in [0.1, 0.15) is 5.75 Å². The Balaban J connectivity index is 1.71. The molecular weight excluding hydrogens is 404 g/mol. The predicted octanol–water partition coefficient (Wildman–Crippen LogP) is 4.56. The lowest BCUT2D eigenvalue weighted by Crippen LogP contribution is -2.48. The van der Waals surface area contributed by atoms with E-state index in [-0.39, 0.29) is 11.9 Å². The van der Waals surface area contributed by atoms with Gasteiger partial charge in [-0.1, -0.05) is 42.5 Å². The van der Waals surface area contributed by atoms with E-state index in [0.29, 0.717) is 11.8 Å². The number of halogens is 1. The van der Waals surface area contributed by atoms with E-state index in [2.05, 4.69) is 40.0 Å². The molecule has 1 fully saturated rings. The van der Waals surface area contributed by atoms with Crippen LogP contribution in [0.1, 0.15) is 38.4 Å². The molecule has 1 N–H and O–H groups in total. The Hall–Kier alpha value is -1.85. The fourth-order valence-corrected chi connectivity index (χ4v) is 3.78. The van der Waals surface area contributed by atoms with Crippen molar-refractivity contribution in [1.29, 1.82) is 0 Å². The van der Waals surface area contributed by atoms with Gasteiger partial charge in [0.25, 0.3) is 5.91 Å². The maximum atomic E-state index is 13.1. The van der Waals surface area contributed by atoms with Crippen LogP contribution in [0.25, 0.3) is 0 Å². The van der Waals surface area contributed by atoms with Crippen LogP contribution >= 0.6 is 15.9 Å². The molecule has 4 nitrogen and oxygen atoms in total. The van der Waals surface area contributed by atoms with E-state index in [4.69, 9.17) is 4.74 Å². The normalized spacial score (nSPS) is 16.9. The van der Waals surface area contributed by atoms with E-state index >= 15 is 0 Å². The minimum absolute atomic E-state index is 0.0834. The lowest BCUT2D eigenvalue weighted by Gasteiger charge is -2.35. The second kappa shape index (κ2) is 9.38. The molecule has 144 valence electrons. The SMILES string of the molecule is CC(C)N1CCC(NC(=O)C(Oc2ccccc2Br)c2ccccc2)CC1.